The quantitative estimate of drug-likeness (QED) is 0.474. The number of rotatable bonds is 0. The van der Waals surface area contributed by atoms with Crippen molar-refractivity contribution in [2.24, 2.45) is 0 Å². The maximum atomic E-state index is 7.00. The first-order valence-corrected chi connectivity index (χ1v) is 0.447. The second-order valence-electron chi connectivity index (χ2n) is 0. The summed E-state index contributed by atoms with van der Waals surface area (Å²) in [6.07, 6.45) is 0. The number of hydrogen-bond donors (Lipinski definition) is 1. The van der Waals surface area contributed by atoms with Crippen molar-refractivity contribution in [1.82, 2.24) is 0 Å². The third kappa shape index (κ3) is 9.74. The first-order valence-electron chi connectivity index (χ1n) is 0.447. The van der Waals surface area contributed by atoms with Crippen molar-refractivity contribution >= 4 is 9.90 Å². The molecule has 0 aliphatic rings. The van der Waals surface area contributed by atoms with Crippen LogP contribution in [0.3, 0.4) is 0 Å². The third-order valence-electron chi connectivity index (χ3n) is 0. The smallest absolute Gasteiger partial charge is 0.0319 e. The van der Waals surface area contributed by atoms with E-state index in [2.05, 4.69) is 0 Å². The summed E-state index contributed by atoms with van der Waals surface area (Å²) in [7, 11) is 1.00. The first kappa shape index (κ1) is 17.8. The van der Waals surface area contributed by atoms with Crippen molar-refractivity contribution in [2.75, 3.05) is 7.11 Å². The molecule has 0 aromatic carbocycles. The molecule has 0 amide bonds. The fraction of sp³-hybridized carbons (Fsp3) is 1.00. The summed E-state index contributed by atoms with van der Waals surface area (Å²) in [5.74, 6) is 0. The summed E-state index contributed by atoms with van der Waals surface area (Å²) >= 11 is 0. The van der Waals surface area contributed by atoms with E-state index >= 15 is 0 Å². The molecule has 0 aromatic rings. The molecule has 0 fully saturated rings. The van der Waals surface area contributed by atoms with Crippen LogP contribution in [0.5, 0.6) is 0 Å². The SMILES string of the molecule is CO.P.[Y]. The van der Waals surface area contributed by atoms with Gasteiger partial charge in [-0.25, -0.2) is 0 Å². The Morgan fingerprint density at radius 3 is 1.25 bits per heavy atom. The average Bonchev–Trinajstić information content (AvgIpc) is 1.00. The molecular formula is CH7OPY. The van der Waals surface area contributed by atoms with Gasteiger partial charge in [-0.15, -0.1) is 0 Å². The Kier molecular flexibility index (Phi) is 110. The summed E-state index contributed by atoms with van der Waals surface area (Å²) < 4.78 is 0. The van der Waals surface area contributed by atoms with Crippen LogP contribution < -0.4 is 0 Å². The number of aliphatic hydroxyl groups is 1. The molecule has 0 aliphatic heterocycles. The van der Waals surface area contributed by atoms with Crippen molar-refractivity contribution < 1.29 is 37.8 Å². The maximum Gasteiger partial charge on any atom is 0.0319 e. The number of aliphatic hydroxyl groups excluding tert-OH is 1. The standard InChI is InChI=1S/CH4O.H3P.Y/c1-2;;/h2H,1H3;1H3;. The second kappa shape index (κ2) is 24.6. The zero-order valence-corrected chi connectivity index (χ0v) is 6.98. The largest absolute Gasteiger partial charge is 0.400 e. The molecule has 1 nitrogen and oxygen atoms in total. The van der Waals surface area contributed by atoms with Crippen molar-refractivity contribution in [2.45, 2.75) is 0 Å². The van der Waals surface area contributed by atoms with Gasteiger partial charge in [0.2, 0.25) is 0 Å². The molecule has 1 N–H and O–H groups in total. The molecule has 0 saturated heterocycles. The van der Waals surface area contributed by atoms with Gasteiger partial charge >= 0.3 is 0 Å². The van der Waals surface area contributed by atoms with E-state index in [0.29, 0.717) is 0 Å². The Bertz CT molecular complexity index is 8.00. The van der Waals surface area contributed by atoms with Crippen LogP contribution in [-0.4, -0.2) is 12.2 Å². The van der Waals surface area contributed by atoms with E-state index in [-0.39, 0.29) is 42.6 Å². The molecule has 25 valence electrons. The summed E-state index contributed by atoms with van der Waals surface area (Å²) in [5, 5.41) is 7.00. The first-order chi connectivity index (χ1) is 1.00. The molecule has 1 unspecified atom stereocenters. The number of hydrogen-bond acceptors (Lipinski definition) is 1. The van der Waals surface area contributed by atoms with Gasteiger partial charge in [0.15, 0.2) is 0 Å². The van der Waals surface area contributed by atoms with E-state index in [1.54, 1.807) is 0 Å². The maximum absolute atomic E-state index is 7.00. The average molecular weight is 155 g/mol. The molecule has 0 bridgehead atoms. The molecule has 0 saturated carbocycles. The third-order valence-corrected chi connectivity index (χ3v) is 0. The Morgan fingerprint density at radius 1 is 1.25 bits per heavy atom. The topological polar surface area (TPSA) is 20.2 Å². The van der Waals surface area contributed by atoms with Crippen LogP contribution in [-0.2, 0) is 32.7 Å². The molecule has 0 heterocycles. The zero-order chi connectivity index (χ0) is 2.00. The second-order valence-corrected chi connectivity index (χ2v) is 0. The van der Waals surface area contributed by atoms with Gasteiger partial charge in [0.05, 0.1) is 0 Å². The Morgan fingerprint density at radius 2 is 1.25 bits per heavy atom. The van der Waals surface area contributed by atoms with Gasteiger partial charge in [0.1, 0.15) is 0 Å². The predicted molar refractivity (Wildman–Crippen MR) is 19.2 cm³/mol. The minimum absolute atomic E-state index is 0. The molecule has 0 rings (SSSR count). The van der Waals surface area contributed by atoms with E-state index in [4.69, 9.17) is 5.11 Å². The van der Waals surface area contributed by atoms with Gasteiger partial charge in [-0.1, -0.05) is 0 Å². The summed E-state index contributed by atoms with van der Waals surface area (Å²) in [5.41, 5.74) is 0. The Hall–Kier alpha value is 1.49. The van der Waals surface area contributed by atoms with Crippen LogP contribution in [0.1, 0.15) is 0 Å². The van der Waals surface area contributed by atoms with Gasteiger partial charge in [-0.3, -0.25) is 0 Å². The van der Waals surface area contributed by atoms with Crippen molar-refractivity contribution in [3.05, 3.63) is 0 Å². The normalized spacial score (nSPS) is 1.50. The van der Waals surface area contributed by atoms with Crippen molar-refractivity contribution in [1.29, 1.82) is 0 Å². The minimum atomic E-state index is 0. The molecule has 0 spiro atoms. The molecule has 4 heavy (non-hydrogen) atoms. The predicted octanol–water partition coefficient (Wildman–Crippen LogP) is -0.336. The van der Waals surface area contributed by atoms with E-state index in [9.17, 15) is 0 Å². The summed E-state index contributed by atoms with van der Waals surface area (Å²) in [6.45, 7) is 0. The van der Waals surface area contributed by atoms with E-state index in [1.165, 1.54) is 0 Å². The zero-order valence-electron chi connectivity index (χ0n) is 2.73. The summed E-state index contributed by atoms with van der Waals surface area (Å²) in [4.78, 5) is 0. The fourth-order valence-corrected chi connectivity index (χ4v) is 0. The summed E-state index contributed by atoms with van der Waals surface area (Å²) in [6, 6.07) is 0. The van der Waals surface area contributed by atoms with E-state index < -0.39 is 0 Å². The Labute approximate surface area is 54.7 Å². The van der Waals surface area contributed by atoms with E-state index in [0.717, 1.165) is 7.11 Å². The molecule has 1 radical (unpaired) electrons. The van der Waals surface area contributed by atoms with Crippen molar-refractivity contribution in [3.63, 3.8) is 0 Å². The van der Waals surface area contributed by atoms with Gasteiger partial charge in [0.25, 0.3) is 0 Å². The van der Waals surface area contributed by atoms with Gasteiger partial charge < -0.3 is 5.11 Å². The van der Waals surface area contributed by atoms with Crippen molar-refractivity contribution in [3.8, 4) is 0 Å². The monoisotopic (exact) mass is 155 g/mol. The van der Waals surface area contributed by atoms with Gasteiger partial charge in [0, 0.05) is 39.8 Å². The van der Waals surface area contributed by atoms with Crippen LogP contribution in [0.15, 0.2) is 0 Å². The van der Waals surface area contributed by atoms with Gasteiger partial charge in [-0.2, -0.15) is 9.90 Å². The molecule has 1 atom stereocenters. The van der Waals surface area contributed by atoms with Crippen LogP contribution in [0.2, 0.25) is 0 Å². The molecule has 0 aromatic heterocycles. The molecular weight excluding hydrogens is 148 g/mol. The van der Waals surface area contributed by atoms with Crippen LogP contribution >= 0.6 is 9.90 Å². The van der Waals surface area contributed by atoms with E-state index in [1.807, 2.05) is 0 Å². The van der Waals surface area contributed by atoms with Crippen LogP contribution in [0.4, 0.5) is 0 Å². The Balaban J connectivity index is -0.00000000500. The minimum Gasteiger partial charge on any atom is -0.400 e. The van der Waals surface area contributed by atoms with Gasteiger partial charge in [-0.05, 0) is 0 Å². The molecule has 0 aliphatic carbocycles. The van der Waals surface area contributed by atoms with Crippen LogP contribution in [0.25, 0.3) is 0 Å². The molecule has 3 heteroatoms. The van der Waals surface area contributed by atoms with Crippen LogP contribution in [0, 0.1) is 0 Å². The fourth-order valence-electron chi connectivity index (χ4n) is 0.